The summed E-state index contributed by atoms with van der Waals surface area (Å²) in [6.45, 7) is 5.13. The van der Waals surface area contributed by atoms with Crippen molar-refractivity contribution in [1.29, 1.82) is 0 Å². The van der Waals surface area contributed by atoms with Crippen molar-refractivity contribution in [3.63, 3.8) is 0 Å². The lowest BCUT2D eigenvalue weighted by atomic mass is 10.0. The van der Waals surface area contributed by atoms with Crippen molar-refractivity contribution in [1.82, 2.24) is 4.90 Å². The first-order chi connectivity index (χ1) is 18.6. The van der Waals surface area contributed by atoms with Crippen molar-refractivity contribution < 1.29 is 14.3 Å². The zero-order chi connectivity index (χ0) is 26.3. The molecule has 4 aromatic rings. The molecule has 0 fully saturated rings. The summed E-state index contributed by atoms with van der Waals surface area (Å²) in [5.74, 6) is 0.417. The summed E-state index contributed by atoms with van der Waals surface area (Å²) in [6, 6.07) is 25.8. The van der Waals surface area contributed by atoms with Gasteiger partial charge in [-0.2, -0.15) is 0 Å². The third-order valence-electron chi connectivity index (χ3n) is 6.39. The number of carbonyl (C=O) groups is 1. The number of para-hydroxylation sites is 1. The third kappa shape index (κ3) is 6.33. The maximum Gasteiger partial charge on any atom is 0.341 e. The molecule has 1 aliphatic rings. The van der Waals surface area contributed by atoms with Crippen molar-refractivity contribution in [2.45, 2.75) is 33.0 Å². The van der Waals surface area contributed by atoms with Gasteiger partial charge in [0, 0.05) is 41.3 Å². The molecule has 5 rings (SSSR count). The molecule has 0 spiro atoms. The minimum Gasteiger partial charge on any atom is -0.488 e. The first kappa shape index (κ1) is 26.2. The van der Waals surface area contributed by atoms with Crippen LogP contribution >= 0.6 is 22.9 Å². The van der Waals surface area contributed by atoms with Crippen LogP contribution in [-0.4, -0.2) is 30.2 Å². The summed E-state index contributed by atoms with van der Waals surface area (Å²) in [6.07, 6.45) is 2.57. The predicted octanol–water partition coefficient (Wildman–Crippen LogP) is 7.47. The highest BCUT2D eigenvalue weighted by molar-refractivity contribution is 7.16. The number of rotatable bonds is 9. The largest absolute Gasteiger partial charge is 0.488 e. The van der Waals surface area contributed by atoms with Gasteiger partial charge in [0.15, 0.2) is 0 Å². The number of fused-ring (bicyclic) bond motifs is 1. The fourth-order valence-electron chi connectivity index (χ4n) is 4.51. The minimum atomic E-state index is -0.305. The number of halogens is 1. The molecule has 0 radical (unpaired) electrons. The van der Waals surface area contributed by atoms with Gasteiger partial charge >= 0.3 is 5.97 Å². The average Bonchev–Trinajstić information content (AvgIpc) is 3.30. The first-order valence-electron chi connectivity index (χ1n) is 12.7. The molecule has 0 unspecified atom stereocenters. The quantitative estimate of drug-likeness (QED) is 0.162. The van der Waals surface area contributed by atoms with Crippen LogP contribution in [0.4, 0.5) is 5.00 Å². The highest BCUT2D eigenvalue weighted by Crippen LogP contribution is 2.40. The van der Waals surface area contributed by atoms with Gasteiger partial charge in [0.1, 0.15) is 17.4 Å². The smallest absolute Gasteiger partial charge is 0.341 e. The second-order valence-electron chi connectivity index (χ2n) is 9.06. The Morgan fingerprint density at radius 3 is 2.58 bits per heavy atom. The average molecular weight is 545 g/mol. The van der Waals surface area contributed by atoms with E-state index in [-0.39, 0.29) is 5.97 Å². The molecule has 0 bridgehead atoms. The van der Waals surface area contributed by atoms with Gasteiger partial charge in [0.2, 0.25) is 0 Å². The van der Waals surface area contributed by atoms with E-state index in [2.05, 4.69) is 29.2 Å². The van der Waals surface area contributed by atoms with E-state index in [9.17, 15) is 4.79 Å². The number of nitrogens with zero attached hydrogens (tertiary/aromatic N) is 2. The SMILES string of the molecule is CCOC(=O)c1c(N=Cc2ccccc2OCc2ccc(Cl)cc2)sc2c1CCN(Cc1ccccc1)C2. The van der Waals surface area contributed by atoms with Crippen molar-refractivity contribution in [3.05, 3.63) is 117 Å². The molecule has 7 heteroatoms. The highest BCUT2D eigenvalue weighted by atomic mass is 35.5. The molecule has 2 heterocycles. The van der Waals surface area contributed by atoms with Gasteiger partial charge in [-0.15, -0.1) is 11.3 Å². The summed E-state index contributed by atoms with van der Waals surface area (Å²) in [5.41, 5.74) is 4.82. The molecule has 5 nitrogen and oxygen atoms in total. The minimum absolute atomic E-state index is 0.305. The number of hydrogen-bond acceptors (Lipinski definition) is 6. The van der Waals surface area contributed by atoms with Crippen LogP contribution in [0.3, 0.4) is 0 Å². The number of ether oxygens (including phenoxy) is 2. The van der Waals surface area contributed by atoms with Crippen molar-refractivity contribution in [3.8, 4) is 5.75 Å². The molecular formula is C31H29ClN2O3S. The van der Waals surface area contributed by atoms with Crippen LogP contribution in [0, 0.1) is 0 Å². The van der Waals surface area contributed by atoms with E-state index >= 15 is 0 Å². The molecule has 0 amide bonds. The summed E-state index contributed by atoms with van der Waals surface area (Å²) in [5, 5.41) is 1.38. The Balaban J connectivity index is 1.38. The topological polar surface area (TPSA) is 51.1 Å². The van der Waals surface area contributed by atoms with Crippen molar-refractivity contribution >= 4 is 40.1 Å². The van der Waals surface area contributed by atoms with Gasteiger partial charge in [0.25, 0.3) is 0 Å². The number of benzene rings is 3. The first-order valence-corrected chi connectivity index (χ1v) is 13.9. The Labute approximate surface area is 232 Å². The molecule has 38 heavy (non-hydrogen) atoms. The van der Waals surface area contributed by atoms with E-state index in [4.69, 9.17) is 26.1 Å². The number of thiophene rings is 1. The van der Waals surface area contributed by atoms with E-state index in [0.717, 1.165) is 48.5 Å². The molecule has 1 aliphatic heterocycles. The zero-order valence-corrected chi connectivity index (χ0v) is 22.8. The molecule has 3 aromatic carbocycles. The molecule has 0 saturated carbocycles. The fraction of sp³-hybridized carbons (Fsp3) is 0.226. The maximum atomic E-state index is 13.0. The number of esters is 1. The Morgan fingerprint density at radius 2 is 1.79 bits per heavy atom. The number of aliphatic imine (C=N–C) groups is 1. The Morgan fingerprint density at radius 1 is 1.03 bits per heavy atom. The van der Waals surface area contributed by atoms with Gasteiger partial charge in [-0.1, -0.05) is 66.2 Å². The lowest BCUT2D eigenvalue weighted by Crippen LogP contribution is -2.29. The van der Waals surface area contributed by atoms with E-state index in [1.54, 1.807) is 17.6 Å². The molecular weight excluding hydrogens is 516 g/mol. The Kier molecular flexibility index (Phi) is 8.54. The number of carbonyl (C=O) groups excluding carboxylic acids is 1. The molecule has 0 saturated heterocycles. The molecule has 0 N–H and O–H groups in total. The lowest BCUT2D eigenvalue weighted by molar-refractivity contribution is 0.0526. The summed E-state index contributed by atoms with van der Waals surface area (Å²) in [4.78, 5) is 21.4. The molecule has 194 valence electrons. The molecule has 0 aliphatic carbocycles. The standard InChI is InChI=1S/C31H29ClN2O3S/c1-2-36-31(35)29-26-16-17-34(19-22-8-4-3-5-9-22)20-28(26)38-30(29)33-18-24-10-6-7-11-27(24)37-21-23-12-14-25(32)15-13-23/h3-15,18H,2,16-17,19-21H2,1H3. The van der Waals surface area contributed by atoms with E-state index in [1.807, 2.05) is 61.5 Å². The van der Waals surface area contributed by atoms with Crippen LogP contribution in [0.1, 0.15) is 44.4 Å². The van der Waals surface area contributed by atoms with Crippen LogP contribution < -0.4 is 4.74 Å². The zero-order valence-electron chi connectivity index (χ0n) is 21.2. The third-order valence-corrected chi connectivity index (χ3v) is 7.77. The van der Waals surface area contributed by atoms with Crippen LogP contribution in [0.5, 0.6) is 5.75 Å². The monoisotopic (exact) mass is 544 g/mol. The van der Waals surface area contributed by atoms with E-state index in [0.29, 0.717) is 28.8 Å². The van der Waals surface area contributed by atoms with Crippen LogP contribution in [0.25, 0.3) is 0 Å². The van der Waals surface area contributed by atoms with Gasteiger partial charge in [-0.25, -0.2) is 9.79 Å². The Bertz CT molecular complexity index is 1420. The van der Waals surface area contributed by atoms with Crippen molar-refractivity contribution in [2.24, 2.45) is 4.99 Å². The second kappa shape index (κ2) is 12.4. The maximum absolute atomic E-state index is 13.0. The fourth-order valence-corrected chi connectivity index (χ4v) is 5.86. The summed E-state index contributed by atoms with van der Waals surface area (Å²) in [7, 11) is 0. The number of hydrogen-bond donors (Lipinski definition) is 0. The van der Waals surface area contributed by atoms with Crippen molar-refractivity contribution in [2.75, 3.05) is 13.2 Å². The second-order valence-corrected chi connectivity index (χ2v) is 10.6. The predicted molar refractivity (Wildman–Crippen MR) is 154 cm³/mol. The van der Waals surface area contributed by atoms with Gasteiger partial charge in [-0.05, 0) is 54.3 Å². The normalized spacial score (nSPS) is 13.4. The van der Waals surface area contributed by atoms with Crippen LogP contribution in [0.15, 0.2) is 83.9 Å². The Hall–Kier alpha value is -3.45. The van der Waals surface area contributed by atoms with Gasteiger partial charge in [-0.3, -0.25) is 4.90 Å². The van der Waals surface area contributed by atoms with Gasteiger partial charge < -0.3 is 9.47 Å². The highest BCUT2D eigenvalue weighted by Gasteiger charge is 2.28. The van der Waals surface area contributed by atoms with Gasteiger partial charge in [0.05, 0.1) is 12.2 Å². The molecule has 0 atom stereocenters. The summed E-state index contributed by atoms with van der Waals surface area (Å²) < 4.78 is 11.5. The van der Waals surface area contributed by atoms with E-state index < -0.39 is 0 Å². The van der Waals surface area contributed by atoms with E-state index in [1.165, 1.54) is 10.4 Å². The van der Waals surface area contributed by atoms with Crippen LogP contribution in [0.2, 0.25) is 5.02 Å². The lowest BCUT2D eigenvalue weighted by Gasteiger charge is -2.27. The summed E-state index contributed by atoms with van der Waals surface area (Å²) >= 11 is 7.57. The van der Waals surface area contributed by atoms with Crippen LogP contribution in [-0.2, 0) is 30.9 Å². The molecule has 1 aromatic heterocycles.